The van der Waals surface area contributed by atoms with E-state index in [1.807, 2.05) is 0 Å². The molecule has 6 nitrogen and oxygen atoms in total. The number of carboxylic acid groups (broad SMARTS) is 1. The highest BCUT2D eigenvalue weighted by Gasteiger charge is 2.20. The summed E-state index contributed by atoms with van der Waals surface area (Å²) in [5.41, 5.74) is -0.808. The first-order chi connectivity index (χ1) is 8.06. The highest BCUT2D eigenvalue weighted by molar-refractivity contribution is 5.92. The van der Waals surface area contributed by atoms with Crippen LogP contribution in [0.1, 0.15) is 10.6 Å². The third-order valence-corrected chi connectivity index (χ3v) is 2.27. The molecule has 0 amide bonds. The van der Waals surface area contributed by atoms with Crippen LogP contribution in [0.4, 0.5) is 0 Å². The van der Waals surface area contributed by atoms with Crippen molar-refractivity contribution in [3.05, 3.63) is 34.2 Å². The van der Waals surface area contributed by atoms with E-state index in [2.05, 4.69) is 0 Å². The van der Waals surface area contributed by atoms with Crippen LogP contribution in [0.25, 0.3) is 11.0 Å². The lowest BCUT2D eigenvalue weighted by Gasteiger charge is -2.05. The van der Waals surface area contributed by atoms with E-state index in [1.165, 1.54) is 25.3 Å². The van der Waals surface area contributed by atoms with E-state index >= 15 is 0 Å². The lowest BCUT2D eigenvalue weighted by molar-refractivity contribution is 0.0657. The largest absolute Gasteiger partial charge is 0.501 e. The molecular formula is C11H8O6. The molecule has 0 atom stereocenters. The number of methoxy groups -OCH3 is 1. The van der Waals surface area contributed by atoms with E-state index in [0.717, 1.165) is 0 Å². The molecule has 0 unspecified atom stereocenters. The summed E-state index contributed by atoms with van der Waals surface area (Å²) in [6.45, 7) is 0. The maximum absolute atomic E-state index is 11.7. The van der Waals surface area contributed by atoms with E-state index < -0.39 is 22.9 Å². The molecule has 0 aliphatic heterocycles. The zero-order chi connectivity index (χ0) is 12.6. The standard InChI is InChI=1S/C11H8O6/c1-16-6-4-2-3-5-7(12)8(13)10(11(14)15)17-9(5)6/h2-4,13H,1H3,(H,14,15). The molecule has 0 spiro atoms. The van der Waals surface area contributed by atoms with Crippen LogP contribution in [0.3, 0.4) is 0 Å². The Labute approximate surface area is 94.7 Å². The minimum Gasteiger partial charge on any atom is -0.501 e. The van der Waals surface area contributed by atoms with E-state index in [-0.39, 0.29) is 16.7 Å². The van der Waals surface area contributed by atoms with Crippen molar-refractivity contribution in [1.82, 2.24) is 0 Å². The number of hydrogen-bond acceptors (Lipinski definition) is 5. The van der Waals surface area contributed by atoms with Crippen LogP contribution in [0.15, 0.2) is 27.4 Å². The lowest BCUT2D eigenvalue weighted by Crippen LogP contribution is -2.08. The Hall–Kier alpha value is -2.50. The number of ether oxygens (including phenoxy) is 1. The summed E-state index contributed by atoms with van der Waals surface area (Å²) >= 11 is 0. The summed E-state index contributed by atoms with van der Waals surface area (Å²) in [7, 11) is 1.36. The highest BCUT2D eigenvalue weighted by atomic mass is 16.5. The predicted octanol–water partition coefficient (Wildman–Crippen LogP) is 1.21. The average Bonchev–Trinajstić information content (AvgIpc) is 2.32. The van der Waals surface area contributed by atoms with Gasteiger partial charge in [-0.2, -0.15) is 0 Å². The normalized spacial score (nSPS) is 10.4. The number of rotatable bonds is 2. The molecule has 0 aliphatic rings. The van der Waals surface area contributed by atoms with Crippen LogP contribution in [0.2, 0.25) is 0 Å². The Morgan fingerprint density at radius 2 is 2.12 bits per heavy atom. The fourth-order valence-corrected chi connectivity index (χ4v) is 1.49. The molecule has 0 bridgehead atoms. The van der Waals surface area contributed by atoms with E-state index in [4.69, 9.17) is 14.3 Å². The average molecular weight is 236 g/mol. The minimum atomic E-state index is -1.52. The molecule has 17 heavy (non-hydrogen) atoms. The molecule has 6 heteroatoms. The van der Waals surface area contributed by atoms with E-state index in [9.17, 15) is 14.7 Å². The number of carbonyl (C=O) groups is 1. The van der Waals surface area contributed by atoms with Crippen molar-refractivity contribution >= 4 is 16.9 Å². The third-order valence-electron chi connectivity index (χ3n) is 2.27. The van der Waals surface area contributed by atoms with E-state index in [1.54, 1.807) is 0 Å². The van der Waals surface area contributed by atoms with Crippen molar-refractivity contribution in [2.75, 3.05) is 7.11 Å². The maximum atomic E-state index is 11.7. The predicted molar refractivity (Wildman–Crippen MR) is 57.7 cm³/mol. The van der Waals surface area contributed by atoms with Crippen molar-refractivity contribution < 1.29 is 24.2 Å². The second-order valence-corrected chi connectivity index (χ2v) is 3.25. The first kappa shape index (κ1) is 11.0. The summed E-state index contributed by atoms with van der Waals surface area (Å²) in [5.74, 6) is -3.01. The molecule has 2 rings (SSSR count). The van der Waals surface area contributed by atoms with Crippen LogP contribution < -0.4 is 10.2 Å². The van der Waals surface area contributed by atoms with Crippen LogP contribution in [-0.2, 0) is 0 Å². The number of hydrogen-bond donors (Lipinski definition) is 2. The van der Waals surface area contributed by atoms with Crippen molar-refractivity contribution in [3.8, 4) is 11.5 Å². The van der Waals surface area contributed by atoms with Gasteiger partial charge in [0, 0.05) is 0 Å². The second-order valence-electron chi connectivity index (χ2n) is 3.25. The molecule has 1 aromatic heterocycles. The van der Waals surface area contributed by atoms with Gasteiger partial charge in [0.15, 0.2) is 11.3 Å². The van der Waals surface area contributed by atoms with Crippen LogP contribution in [0.5, 0.6) is 11.5 Å². The molecule has 1 heterocycles. The molecule has 1 aromatic carbocycles. The zero-order valence-electron chi connectivity index (χ0n) is 8.76. The van der Waals surface area contributed by atoms with Gasteiger partial charge in [0.2, 0.25) is 11.2 Å². The van der Waals surface area contributed by atoms with Crippen molar-refractivity contribution in [2.24, 2.45) is 0 Å². The van der Waals surface area contributed by atoms with Crippen LogP contribution in [0, 0.1) is 0 Å². The minimum absolute atomic E-state index is 0.00444. The Morgan fingerprint density at radius 3 is 2.71 bits per heavy atom. The smallest absolute Gasteiger partial charge is 0.375 e. The number of benzene rings is 1. The molecular weight excluding hydrogens is 228 g/mol. The van der Waals surface area contributed by atoms with Crippen LogP contribution >= 0.6 is 0 Å². The summed E-state index contributed by atoms with van der Waals surface area (Å²) < 4.78 is 9.93. The Bertz CT molecular complexity index is 655. The van der Waals surface area contributed by atoms with E-state index in [0.29, 0.717) is 0 Å². The monoisotopic (exact) mass is 236 g/mol. The molecule has 2 aromatic rings. The molecule has 0 fully saturated rings. The summed E-state index contributed by atoms with van der Waals surface area (Å²) in [6, 6.07) is 4.47. The van der Waals surface area contributed by atoms with Crippen molar-refractivity contribution in [1.29, 1.82) is 0 Å². The van der Waals surface area contributed by atoms with Gasteiger partial charge < -0.3 is 19.4 Å². The van der Waals surface area contributed by atoms with Gasteiger partial charge in [0.05, 0.1) is 12.5 Å². The Balaban J connectivity index is 2.96. The molecule has 0 radical (unpaired) electrons. The number of aromatic carboxylic acids is 1. The summed E-state index contributed by atoms with van der Waals surface area (Å²) in [6.07, 6.45) is 0. The van der Waals surface area contributed by atoms with Gasteiger partial charge in [-0.05, 0) is 12.1 Å². The number of aromatic hydroxyl groups is 1. The fourth-order valence-electron chi connectivity index (χ4n) is 1.49. The summed E-state index contributed by atoms with van der Waals surface area (Å²) in [4.78, 5) is 22.5. The quantitative estimate of drug-likeness (QED) is 0.813. The topological polar surface area (TPSA) is 97.0 Å². The molecule has 0 saturated heterocycles. The van der Waals surface area contributed by atoms with Crippen molar-refractivity contribution in [3.63, 3.8) is 0 Å². The molecule has 0 aliphatic carbocycles. The van der Waals surface area contributed by atoms with Gasteiger partial charge >= 0.3 is 5.97 Å². The molecule has 0 saturated carbocycles. The number of para-hydroxylation sites is 1. The third kappa shape index (κ3) is 1.59. The SMILES string of the molecule is COc1cccc2c(=O)c(O)c(C(=O)O)oc12. The highest BCUT2D eigenvalue weighted by Crippen LogP contribution is 2.27. The first-order valence-electron chi connectivity index (χ1n) is 4.62. The summed E-state index contributed by atoms with van der Waals surface area (Å²) in [5, 5.41) is 18.2. The van der Waals surface area contributed by atoms with Gasteiger partial charge in [0.1, 0.15) is 0 Å². The molecule has 2 N–H and O–H groups in total. The first-order valence-corrected chi connectivity index (χ1v) is 4.62. The zero-order valence-corrected chi connectivity index (χ0v) is 8.76. The number of fused-ring (bicyclic) bond motifs is 1. The van der Waals surface area contributed by atoms with Gasteiger partial charge in [-0.1, -0.05) is 6.07 Å². The van der Waals surface area contributed by atoms with Crippen molar-refractivity contribution in [2.45, 2.75) is 0 Å². The van der Waals surface area contributed by atoms with Gasteiger partial charge in [-0.15, -0.1) is 0 Å². The second kappa shape index (κ2) is 3.82. The lowest BCUT2D eigenvalue weighted by atomic mass is 10.2. The number of carboxylic acids is 1. The van der Waals surface area contributed by atoms with Gasteiger partial charge in [0.25, 0.3) is 5.76 Å². The Kier molecular flexibility index (Phi) is 2.47. The van der Waals surface area contributed by atoms with Gasteiger partial charge in [-0.25, -0.2) is 4.79 Å². The maximum Gasteiger partial charge on any atom is 0.375 e. The van der Waals surface area contributed by atoms with Gasteiger partial charge in [-0.3, -0.25) is 4.79 Å². The Morgan fingerprint density at radius 1 is 1.41 bits per heavy atom. The fraction of sp³-hybridized carbons (Fsp3) is 0.0909. The molecule has 88 valence electrons. The van der Waals surface area contributed by atoms with Crippen LogP contribution in [-0.4, -0.2) is 23.3 Å².